The van der Waals surface area contributed by atoms with E-state index >= 15 is 0 Å². The lowest BCUT2D eigenvalue weighted by Gasteiger charge is -2.14. The van der Waals surface area contributed by atoms with Gasteiger partial charge in [-0.05, 0) is 75.8 Å². The van der Waals surface area contributed by atoms with Gasteiger partial charge in [-0.1, -0.05) is 152 Å². The van der Waals surface area contributed by atoms with Crippen molar-refractivity contribution >= 4 is 63.0 Å². The zero-order chi connectivity index (χ0) is 37.0. The van der Waals surface area contributed by atoms with Crippen molar-refractivity contribution in [3.63, 3.8) is 0 Å². The highest BCUT2D eigenvalue weighted by Gasteiger charge is 2.17. The predicted octanol–water partition coefficient (Wildman–Crippen LogP) is 15.2. The Morgan fingerprint density at radius 2 is 0.732 bits per heavy atom. The summed E-state index contributed by atoms with van der Waals surface area (Å²) >= 11 is 3.70. The van der Waals surface area contributed by atoms with Crippen LogP contribution in [0.25, 0.3) is 108 Å². The maximum atomic E-state index is 5.37. The second kappa shape index (κ2) is 13.5. The van der Waals surface area contributed by atoms with Gasteiger partial charge in [0.25, 0.3) is 0 Å². The molecule has 0 N–H and O–H groups in total. The van der Waals surface area contributed by atoms with Crippen LogP contribution in [-0.4, -0.2) is 9.97 Å². The average Bonchev–Trinajstić information content (AvgIpc) is 3.85. The molecule has 4 heteroatoms. The van der Waals surface area contributed by atoms with E-state index in [4.69, 9.17) is 9.97 Å². The fourth-order valence-corrected chi connectivity index (χ4v) is 10.4. The van der Waals surface area contributed by atoms with Crippen molar-refractivity contribution in [3.05, 3.63) is 194 Å². The van der Waals surface area contributed by atoms with E-state index in [1.807, 2.05) is 22.7 Å². The van der Waals surface area contributed by atoms with Crippen molar-refractivity contribution in [2.75, 3.05) is 0 Å². The summed E-state index contributed by atoms with van der Waals surface area (Å²) in [6.07, 6.45) is 0. The number of fused-ring (bicyclic) bond motifs is 6. The quantitative estimate of drug-likeness (QED) is 0.169. The minimum Gasteiger partial charge on any atom is -0.228 e. The zero-order valence-electron chi connectivity index (χ0n) is 30.2. The number of rotatable bonds is 6. The average molecular weight is 749 g/mol. The molecule has 3 heterocycles. The maximum absolute atomic E-state index is 5.37. The van der Waals surface area contributed by atoms with Crippen LogP contribution in [0.1, 0.15) is 0 Å². The summed E-state index contributed by atoms with van der Waals surface area (Å²) in [6.45, 7) is 0. The number of benzene rings is 8. The van der Waals surface area contributed by atoms with E-state index in [0.29, 0.717) is 5.82 Å². The van der Waals surface area contributed by atoms with E-state index in [1.165, 1.54) is 57.0 Å². The SMILES string of the molecule is c1ccc(-c2ccccc2-c2cc(-c3cccc(-c4cccc5sc6ccccc6c45)c3)nc(-c3cccc(-c4cccc5sc6ccccc6c45)c3)n2)cc1. The lowest BCUT2D eigenvalue weighted by molar-refractivity contribution is 1.18. The summed E-state index contributed by atoms with van der Waals surface area (Å²) < 4.78 is 5.19. The van der Waals surface area contributed by atoms with Crippen LogP contribution in [0, 0.1) is 0 Å². The van der Waals surface area contributed by atoms with Gasteiger partial charge in [0.1, 0.15) is 0 Å². The van der Waals surface area contributed by atoms with Crippen molar-refractivity contribution in [2.24, 2.45) is 0 Å². The van der Waals surface area contributed by atoms with Crippen molar-refractivity contribution in [3.8, 4) is 67.3 Å². The molecule has 2 nitrogen and oxygen atoms in total. The van der Waals surface area contributed by atoms with Crippen molar-refractivity contribution < 1.29 is 0 Å². The van der Waals surface area contributed by atoms with E-state index in [-0.39, 0.29) is 0 Å². The molecule has 0 unspecified atom stereocenters. The lowest BCUT2D eigenvalue weighted by Crippen LogP contribution is -1.97. The van der Waals surface area contributed by atoms with Gasteiger partial charge in [0.05, 0.1) is 11.4 Å². The standard InChI is InChI=1S/C52H32N2S2/c1-2-14-33(15-3-1)38-20-4-5-21-41(38)45-32-44(36-18-10-16-34(30-36)39-24-12-28-48-50(39)42-22-6-8-26-46(42)55-48)53-52(54-45)37-19-11-17-35(31-37)40-25-13-29-49-51(40)43-23-7-9-27-47(43)56-49/h1-32H. The van der Waals surface area contributed by atoms with Crippen LogP contribution >= 0.6 is 22.7 Å². The molecule has 0 amide bonds. The summed E-state index contributed by atoms with van der Waals surface area (Å²) in [7, 11) is 0. The fourth-order valence-electron chi connectivity index (χ4n) is 8.14. The Hall–Kier alpha value is -6.72. The molecule has 0 saturated carbocycles. The molecule has 8 aromatic carbocycles. The molecule has 0 aliphatic heterocycles. The lowest BCUT2D eigenvalue weighted by atomic mass is 9.95. The van der Waals surface area contributed by atoms with Crippen LogP contribution in [-0.2, 0) is 0 Å². The highest BCUT2D eigenvalue weighted by Crippen LogP contribution is 2.43. The van der Waals surface area contributed by atoms with E-state index < -0.39 is 0 Å². The second-order valence-electron chi connectivity index (χ2n) is 14.1. The molecule has 0 atom stereocenters. The molecule has 0 radical (unpaired) electrons. The Morgan fingerprint density at radius 1 is 0.286 bits per heavy atom. The normalized spacial score (nSPS) is 11.6. The van der Waals surface area contributed by atoms with E-state index in [0.717, 1.165) is 44.8 Å². The fraction of sp³-hybridized carbons (Fsp3) is 0. The van der Waals surface area contributed by atoms with Crippen molar-refractivity contribution in [1.82, 2.24) is 9.97 Å². The summed E-state index contributed by atoms with van der Waals surface area (Å²) in [5.41, 5.74) is 11.9. The Bertz CT molecular complexity index is 3090. The van der Waals surface area contributed by atoms with Crippen LogP contribution < -0.4 is 0 Å². The number of nitrogens with zero attached hydrogens (tertiary/aromatic N) is 2. The minimum absolute atomic E-state index is 0.695. The third-order valence-corrected chi connectivity index (χ3v) is 13.0. The monoisotopic (exact) mass is 748 g/mol. The van der Waals surface area contributed by atoms with E-state index in [9.17, 15) is 0 Å². The molecule has 0 spiro atoms. The Kier molecular flexibility index (Phi) is 7.90. The van der Waals surface area contributed by atoms with Crippen LogP contribution in [0.5, 0.6) is 0 Å². The van der Waals surface area contributed by atoms with Gasteiger partial charge in [-0.3, -0.25) is 0 Å². The predicted molar refractivity (Wildman–Crippen MR) is 240 cm³/mol. The Morgan fingerprint density at radius 3 is 1.39 bits per heavy atom. The molecule has 11 rings (SSSR count). The third-order valence-electron chi connectivity index (χ3n) is 10.7. The van der Waals surface area contributed by atoms with Crippen LogP contribution in [0.2, 0.25) is 0 Å². The van der Waals surface area contributed by atoms with Gasteiger partial charge in [0.2, 0.25) is 0 Å². The van der Waals surface area contributed by atoms with Crippen LogP contribution in [0.4, 0.5) is 0 Å². The Labute approximate surface area is 332 Å². The van der Waals surface area contributed by atoms with Crippen LogP contribution in [0.3, 0.4) is 0 Å². The van der Waals surface area contributed by atoms with Crippen molar-refractivity contribution in [2.45, 2.75) is 0 Å². The molecule has 0 bridgehead atoms. The molecule has 262 valence electrons. The number of hydrogen-bond acceptors (Lipinski definition) is 4. The molecule has 11 aromatic rings. The third kappa shape index (κ3) is 5.62. The first-order valence-corrected chi connectivity index (χ1v) is 20.4. The molecule has 0 aliphatic carbocycles. The number of aromatic nitrogens is 2. The first kappa shape index (κ1) is 32.7. The molecule has 0 aliphatic rings. The van der Waals surface area contributed by atoms with Gasteiger partial charge in [-0.15, -0.1) is 22.7 Å². The summed E-state index contributed by atoms with van der Waals surface area (Å²) in [4.78, 5) is 10.7. The topological polar surface area (TPSA) is 25.8 Å². The first-order valence-electron chi connectivity index (χ1n) is 18.8. The first-order chi connectivity index (χ1) is 27.7. The second-order valence-corrected chi connectivity index (χ2v) is 16.3. The van der Waals surface area contributed by atoms with E-state index in [2.05, 4.69) is 194 Å². The van der Waals surface area contributed by atoms with Gasteiger partial charge in [0.15, 0.2) is 5.82 Å². The maximum Gasteiger partial charge on any atom is 0.160 e. The Balaban J connectivity index is 1.10. The van der Waals surface area contributed by atoms with Gasteiger partial charge in [0, 0.05) is 57.0 Å². The summed E-state index contributed by atoms with van der Waals surface area (Å²) in [5.74, 6) is 0.695. The number of hydrogen-bond donors (Lipinski definition) is 0. The van der Waals surface area contributed by atoms with Gasteiger partial charge in [-0.2, -0.15) is 0 Å². The van der Waals surface area contributed by atoms with Gasteiger partial charge in [-0.25, -0.2) is 9.97 Å². The van der Waals surface area contributed by atoms with E-state index in [1.54, 1.807) is 0 Å². The van der Waals surface area contributed by atoms with Crippen LogP contribution in [0.15, 0.2) is 194 Å². The molecule has 56 heavy (non-hydrogen) atoms. The molecular weight excluding hydrogens is 717 g/mol. The summed E-state index contributed by atoms with van der Waals surface area (Å²) in [5, 5.41) is 5.18. The van der Waals surface area contributed by atoms with Gasteiger partial charge < -0.3 is 0 Å². The number of thiophene rings is 2. The highest BCUT2D eigenvalue weighted by atomic mass is 32.1. The zero-order valence-corrected chi connectivity index (χ0v) is 31.8. The minimum atomic E-state index is 0.695. The summed E-state index contributed by atoms with van der Waals surface area (Å²) in [6, 6.07) is 69.6. The molecular formula is C52H32N2S2. The van der Waals surface area contributed by atoms with Crippen molar-refractivity contribution in [1.29, 1.82) is 0 Å². The molecule has 3 aromatic heterocycles. The largest absolute Gasteiger partial charge is 0.228 e. The molecule has 0 fully saturated rings. The van der Waals surface area contributed by atoms with Gasteiger partial charge >= 0.3 is 0 Å². The smallest absolute Gasteiger partial charge is 0.160 e. The highest BCUT2D eigenvalue weighted by molar-refractivity contribution is 7.26. The molecule has 0 saturated heterocycles.